The van der Waals surface area contributed by atoms with Crippen LogP contribution in [0.3, 0.4) is 0 Å². The summed E-state index contributed by atoms with van der Waals surface area (Å²) in [7, 11) is 0. The number of carbonyl (C=O) groups is 2. The Balaban J connectivity index is 1.76. The number of amides is 1. The molecule has 0 unspecified atom stereocenters. The fourth-order valence-electron chi connectivity index (χ4n) is 3.40. The number of aryl methyl sites for hydroxylation is 1. The molecule has 0 radical (unpaired) electrons. The van der Waals surface area contributed by atoms with Gasteiger partial charge in [-0.1, -0.05) is 65.2 Å². The summed E-state index contributed by atoms with van der Waals surface area (Å²) in [5, 5.41) is 4.18. The summed E-state index contributed by atoms with van der Waals surface area (Å²) in [5.74, 6) is -1.40. The van der Waals surface area contributed by atoms with Gasteiger partial charge in [-0.2, -0.15) is 0 Å². The summed E-state index contributed by atoms with van der Waals surface area (Å²) in [4.78, 5) is 25.7. The molecule has 1 heterocycles. The van der Waals surface area contributed by atoms with Gasteiger partial charge in [-0.3, -0.25) is 9.59 Å². The Morgan fingerprint density at radius 3 is 2.33 bits per heavy atom. The molecular weight excluding hydrogens is 419 g/mol. The van der Waals surface area contributed by atoms with Crippen molar-refractivity contribution in [2.24, 2.45) is 0 Å². The Kier molecular flexibility index (Phi) is 5.62. The highest BCUT2D eigenvalue weighted by Crippen LogP contribution is 2.32. The summed E-state index contributed by atoms with van der Waals surface area (Å²) in [6.07, 6.45) is 0. The topological polar surface area (TPSA) is 51.1 Å². The lowest BCUT2D eigenvalue weighted by Gasteiger charge is -2.08. The smallest absolute Gasteiger partial charge is 0.296 e. The van der Waals surface area contributed by atoms with Crippen LogP contribution in [0.1, 0.15) is 21.5 Å². The Morgan fingerprint density at radius 1 is 0.933 bits per heavy atom. The van der Waals surface area contributed by atoms with Crippen LogP contribution < -0.4 is 5.32 Å². The number of anilines is 1. The molecule has 3 aromatic carbocycles. The molecule has 0 aliphatic carbocycles. The van der Waals surface area contributed by atoms with E-state index in [9.17, 15) is 9.59 Å². The normalized spacial score (nSPS) is 10.9. The maximum Gasteiger partial charge on any atom is 0.296 e. The fraction of sp³-hybridized carbons (Fsp3) is 0.0833. The number of aromatic nitrogens is 1. The number of hydrogen-bond acceptors (Lipinski definition) is 2. The van der Waals surface area contributed by atoms with Crippen LogP contribution in [-0.2, 0) is 11.3 Å². The molecule has 0 atom stereocenters. The third-order valence-electron chi connectivity index (χ3n) is 4.87. The highest BCUT2D eigenvalue weighted by molar-refractivity contribution is 6.51. The molecule has 0 aliphatic rings. The van der Waals surface area contributed by atoms with Crippen LogP contribution in [-0.4, -0.2) is 16.3 Å². The van der Waals surface area contributed by atoms with Crippen molar-refractivity contribution in [3.8, 4) is 0 Å². The first-order valence-corrected chi connectivity index (χ1v) is 10.1. The molecule has 6 heteroatoms. The van der Waals surface area contributed by atoms with Gasteiger partial charge in [-0.15, -0.1) is 0 Å². The molecule has 1 aromatic heterocycles. The molecule has 1 N–H and O–H groups in total. The largest absolute Gasteiger partial charge is 0.327 e. The number of rotatable bonds is 5. The van der Waals surface area contributed by atoms with Crippen molar-refractivity contribution in [1.29, 1.82) is 0 Å². The fourth-order valence-corrected chi connectivity index (χ4v) is 3.87. The van der Waals surface area contributed by atoms with Crippen LogP contribution in [0.25, 0.3) is 10.9 Å². The number of ketones is 1. The molecule has 4 rings (SSSR count). The number of Topliss-reactive ketones (excluding diaryl/α,β-unsaturated/α-hetero) is 1. The van der Waals surface area contributed by atoms with Crippen molar-refractivity contribution in [2.75, 3.05) is 5.32 Å². The first kappa shape index (κ1) is 20.2. The molecule has 4 aromatic rings. The summed E-state index contributed by atoms with van der Waals surface area (Å²) < 4.78 is 1.84. The van der Waals surface area contributed by atoms with Crippen molar-refractivity contribution in [3.05, 3.63) is 99.7 Å². The van der Waals surface area contributed by atoms with Crippen molar-refractivity contribution in [2.45, 2.75) is 13.5 Å². The molecule has 0 spiro atoms. The highest BCUT2D eigenvalue weighted by Gasteiger charge is 2.26. The lowest BCUT2D eigenvalue weighted by Crippen LogP contribution is -2.23. The van der Waals surface area contributed by atoms with E-state index >= 15 is 0 Å². The average molecular weight is 437 g/mol. The van der Waals surface area contributed by atoms with E-state index in [1.807, 2.05) is 47.9 Å². The molecule has 0 fully saturated rings. The molecule has 0 saturated heterocycles. The van der Waals surface area contributed by atoms with E-state index in [0.717, 1.165) is 16.6 Å². The number of fused-ring (bicyclic) bond motifs is 1. The third-order valence-corrected chi connectivity index (χ3v) is 5.52. The summed E-state index contributed by atoms with van der Waals surface area (Å²) in [6, 6.07) is 22.0. The molecule has 30 heavy (non-hydrogen) atoms. The van der Waals surface area contributed by atoms with Crippen LogP contribution in [0.15, 0.2) is 72.8 Å². The monoisotopic (exact) mass is 436 g/mol. The summed E-state index contributed by atoms with van der Waals surface area (Å²) in [6.45, 7) is 2.38. The second-order valence-corrected chi connectivity index (χ2v) is 7.84. The Bertz CT molecular complexity index is 1250. The number of nitrogens with one attached hydrogen (secondary N) is 1. The number of benzene rings is 3. The van der Waals surface area contributed by atoms with E-state index in [1.54, 1.807) is 36.4 Å². The minimum absolute atomic E-state index is 0.206. The van der Waals surface area contributed by atoms with E-state index in [4.69, 9.17) is 23.2 Å². The third kappa shape index (κ3) is 3.97. The minimum Gasteiger partial charge on any atom is -0.327 e. The van der Waals surface area contributed by atoms with Crippen molar-refractivity contribution in [3.63, 3.8) is 0 Å². The van der Waals surface area contributed by atoms with Gasteiger partial charge in [0.1, 0.15) is 5.15 Å². The Hall–Kier alpha value is -3.08. The Labute approximate surface area is 184 Å². The number of halogens is 2. The van der Waals surface area contributed by atoms with Crippen LogP contribution in [0.5, 0.6) is 0 Å². The van der Waals surface area contributed by atoms with Gasteiger partial charge in [-0.25, -0.2) is 0 Å². The standard InChI is InChI=1S/C24H18Cl2N2O2/c1-15-7-12-20-19(13-15)21(22(29)24(30)27-18-5-3-2-4-6-18)23(26)28(20)14-16-8-10-17(25)11-9-16/h2-13H,14H2,1H3,(H,27,30). The van der Waals surface area contributed by atoms with E-state index in [0.29, 0.717) is 22.6 Å². The molecule has 0 bridgehead atoms. The van der Waals surface area contributed by atoms with Crippen LogP contribution >= 0.6 is 23.2 Å². The molecule has 0 aliphatic heterocycles. The zero-order chi connectivity index (χ0) is 21.3. The maximum absolute atomic E-state index is 13.1. The van der Waals surface area contributed by atoms with E-state index < -0.39 is 11.7 Å². The van der Waals surface area contributed by atoms with Crippen molar-refractivity contribution >= 4 is 51.5 Å². The zero-order valence-corrected chi connectivity index (χ0v) is 17.7. The van der Waals surface area contributed by atoms with E-state index in [2.05, 4.69) is 5.32 Å². The van der Waals surface area contributed by atoms with Gasteiger partial charge in [0.15, 0.2) is 0 Å². The predicted molar refractivity (Wildman–Crippen MR) is 122 cm³/mol. The van der Waals surface area contributed by atoms with Crippen LogP contribution in [0.2, 0.25) is 10.2 Å². The molecule has 1 amide bonds. The van der Waals surface area contributed by atoms with Crippen LogP contribution in [0, 0.1) is 6.92 Å². The highest BCUT2D eigenvalue weighted by atomic mass is 35.5. The number of hydrogen-bond donors (Lipinski definition) is 1. The van der Waals surface area contributed by atoms with Gasteiger partial charge in [0.05, 0.1) is 11.1 Å². The second-order valence-electron chi connectivity index (χ2n) is 7.05. The average Bonchev–Trinajstić information content (AvgIpc) is 3.00. The molecule has 0 saturated carbocycles. The predicted octanol–water partition coefficient (Wildman–Crippen LogP) is 6.13. The first-order chi connectivity index (χ1) is 14.4. The Morgan fingerprint density at radius 2 is 1.63 bits per heavy atom. The van der Waals surface area contributed by atoms with Gasteiger partial charge in [0.25, 0.3) is 11.7 Å². The second kappa shape index (κ2) is 8.34. The van der Waals surface area contributed by atoms with Crippen LogP contribution in [0.4, 0.5) is 5.69 Å². The maximum atomic E-state index is 13.1. The number of carbonyl (C=O) groups excluding carboxylic acids is 2. The van der Waals surface area contributed by atoms with E-state index in [1.165, 1.54) is 0 Å². The minimum atomic E-state index is -0.727. The summed E-state index contributed by atoms with van der Waals surface area (Å²) in [5.41, 5.74) is 3.49. The molecular formula is C24H18Cl2N2O2. The quantitative estimate of drug-likeness (QED) is 0.302. The molecule has 150 valence electrons. The lowest BCUT2D eigenvalue weighted by molar-refractivity contribution is -0.112. The van der Waals surface area contributed by atoms with Gasteiger partial charge < -0.3 is 9.88 Å². The van der Waals surface area contributed by atoms with Gasteiger partial charge in [0, 0.05) is 22.6 Å². The number of nitrogens with zero attached hydrogens (tertiary/aromatic N) is 1. The lowest BCUT2D eigenvalue weighted by atomic mass is 10.1. The molecule has 4 nitrogen and oxygen atoms in total. The number of para-hydroxylation sites is 1. The van der Waals surface area contributed by atoms with Gasteiger partial charge in [-0.05, 0) is 48.9 Å². The zero-order valence-electron chi connectivity index (χ0n) is 16.2. The van der Waals surface area contributed by atoms with Crippen molar-refractivity contribution < 1.29 is 9.59 Å². The van der Waals surface area contributed by atoms with Gasteiger partial charge in [0.2, 0.25) is 0 Å². The SMILES string of the molecule is Cc1ccc2c(c1)c(C(=O)C(=O)Nc1ccccc1)c(Cl)n2Cc1ccc(Cl)cc1. The van der Waals surface area contributed by atoms with E-state index in [-0.39, 0.29) is 10.7 Å². The first-order valence-electron chi connectivity index (χ1n) is 9.37. The van der Waals surface area contributed by atoms with Gasteiger partial charge >= 0.3 is 0 Å². The van der Waals surface area contributed by atoms with Crippen molar-refractivity contribution in [1.82, 2.24) is 4.57 Å². The summed E-state index contributed by atoms with van der Waals surface area (Å²) >= 11 is 12.6.